The third-order valence-corrected chi connectivity index (χ3v) is 3.26. The zero-order chi connectivity index (χ0) is 15.6. The maximum atomic E-state index is 13.0. The molecule has 0 heterocycles. The van der Waals surface area contributed by atoms with Crippen LogP contribution in [0, 0.1) is 11.6 Å². The molecular formula is C14H8BrF5O. The first-order valence-electron chi connectivity index (χ1n) is 5.70. The molecule has 0 atom stereocenters. The van der Waals surface area contributed by atoms with E-state index in [1.165, 1.54) is 12.1 Å². The lowest BCUT2D eigenvalue weighted by molar-refractivity contribution is -0.138. The van der Waals surface area contributed by atoms with Crippen LogP contribution in [-0.4, -0.2) is 0 Å². The van der Waals surface area contributed by atoms with E-state index in [1.54, 1.807) is 0 Å². The third-order valence-electron chi connectivity index (χ3n) is 2.66. The van der Waals surface area contributed by atoms with Gasteiger partial charge in [0, 0.05) is 11.4 Å². The van der Waals surface area contributed by atoms with Gasteiger partial charge in [-0.1, -0.05) is 22.0 Å². The molecule has 2 aromatic rings. The van der Waals surface area contributed by atoms with Crippen LogP contribution in [0.25, 0.3) is 0 Å². The Morgan fingerprint density at radius 2 is 1.52 bits per heavy atom. The van der Waals surface area contributed by atoms with Gasteiger partial charge in [-0.15, -0.1) is 0 Å². The van der Waals surface area contributed by atoms with E-state index in [0.717, 1.165) is 24.3 Å². The van der Waals surface area contributed by atoms with Gasteiger partial charge in [0.15, 0.2) is 11.6 Å². The van der Waals surface area contributed by atoms with Crippen molar-refractivity contribution in [2.24, 2.45) is 0 Å². The van der Waals surface area contributed by atoms with E-state index in [4.69, 9.17) is 4.74 Å². The quantitative estimate of drug-likeness (QED) is 0.502. The van der Waals surface area contributed by atoms with Crippen molar-refractivity contribution in [1.29, 1.82) is 0 Å². The van der Waals surface area contributed by atoms with Crippen LogP contribution < -0.4 is 4.74 Å². The van der Waals surface area contributed by atoms with E-state index in [-0.39, 0.29) is 22.4 Å². The minimum Gasteiger partial charge on any atom is -0.457 e. The molecule has 2 aromatic carbocycles. The molecule has 0 aliphatic rings. The highest BCUT2D eigenvalue weighted by Crippen LogP contribution is 2.36. The zero-order valence-electron chi connectivity index (χ0n) is 10.3. The number of alkyl halides is 4. The lowest BCUT2D eigenvalue weighted by Crippen LogP contribution is -2.08. The third kappa shape index (κ3) is 3.72. The molecule has 2 rings (SSSR count). The molecule has 0 amide bonds. The molecule has 0 fully saturated rings. The lowest BCUT2D eigenvalue weighted by atomic mass is 10.1. The van der Waals surface area contributed by atoms with Gasteiger partial charge in [-0.05, 0) is 29.8 Å². The predicted octanol–water partition coefficient (Wildman–Crippen LogP) is 5.67. The number of benzene rings is 2. The molecule has 21 heavy (non-hydrogen) atoms. The van der Waals surface area contributed by atoms with Gasteiger partial charge in [-0.3, -0.25) is 0 Å². The molecule has 0 saturated heterocycles. The fourth-order valence-corrected chi connectivity index (χ4v) is 2.16. The van der Waals surface area contributed by atoms with Crippen LogP contribution in [0.15, 0.2) is 36.4 Å². The maximum absolute atomic E-state index is 13.0. The van der Waals surface area contributed by atoms with Gasteiger partial charge < -0.3 is 4.74 Å². The minimum absolute atomic E-state index is 0.0350. The van der Waals surface area contributed by atoms with E-state index in [0.29, 0.717) is 0 Å². The molecule has 0 N–H and O–H groups in total. The Balaban J connectivity index is 2.34. The van der Waals surface area contributed by atoms with E-state index >= 15 is 0 Å². The number of rotatable bonds is 3. The summed E-state index contributed by atoms with van der Waals surface area (Å²) in [6, 6.07) is 6.13. The molecule has 0 aliphatic heterocycles. The number of halogens is 6. The first-order chi connectivity index (χ1) is 9.81. The molecule has 0 bridgehead atoms. The van der Waals surface area contributed by atoms with Gasteiger partial charge in [0.2, 0.25) is 0 Å². The van der Waals surface area contributed by atoms with Crippen molar-refractivity contribution >= 4 is 15.9 Å². The van der Waals surface area contributed by atoms with Crippen molar-refractivity contribution < 1.29 is 26.7 Å². The van der Waals surface area contributed by atoms with E-state index in [1.807, 2.05) is 0 Å². The van der Waals surface area contributed by atoms with Crippen molar-refractivity contribution in [2.45, 2.75) is 11.5 Å². The summed E-state index contributed by atoms with van der Waals surface area (Å²) in [4.78, 5) is 0. The first kappa shape index (κ1) is 15.8. The van der Waals surface area contributed by atoms with Gasteiger partial charge in [-0.2, -0.15) is 13.2 Å². The summed E-state index contributed by atoms with van der Waals surface area (Å²) in [6.07, 6.45) is -4.53. The van der Waals surface area contributed by atoms with Crippen molar-refractivity contribution in [1.82, 2.24) is 0 Å². The van der Waals surface area contributed by atoms with Crippen LogP contribution in [0.3, 0.4) is 0 Å². The zero-order valence-corrected chi connectivity index (χ0v) is 11.9. The summed E-state index contributed by atoms with van der Waals surface area (Å²) in [5.74, 6) is -2.40. The highest BCUT2D eigenvalue weighted by Gasteiger charge is 2.33. The normalized spacial score (nSPS) is 11.5. The summed E-state index contributed by atoms with van der Waals surface area (Å²) < 4.78 is 69.6. The second-order valence-electron chi connectivity index (χ2n) is 4.13. The number of hydrogen-bond donors (Lipinski definition) is 0. The van der Waals surface area contributed by atoms with E-state index in [9.17, 15) is 22.0 Å². The molecule has 0 radical (unpaired) electrons. The molecule has 0 saturated carbocycles. The van der Waals surface area contributed by atoms with E-state index in [2.05, 4.69) is 15.9 Å². The SMILES string of the molecule is Fc1ccc(Oc2ccc(CBr)c(C(F)(F)F)c2)cc1F. The van der Waals surface area contributed by atoms with Gasteiger partial charge in [0.05, 0.1) is 5.56 Å². The Kier molecular flexibility index (Phi) is 4.51. The topological polar surface area (TPSA) is 9.23 Å². The molecule has 0 aromatic heterocycles. The van der Waals surface area contributed by atoms with Crippen LogP contribution in [0.5, 0.6) is 11.5 Å². The van der Waals surface area contributed by atoms with Crippen LogP contribution in [0.4, 0.5) is 22.0 Å². The summed E-state index contributed by atoms with van der Waals surface area (Å²) >= 11 is 2.98. The van der Waals surface area contributed by atoms with Gasteiger partial charge in [-0.25, -0.2) is 8.78 Å². The second-order valence-corrected chi connectivity index (χ2v) is 4.69. The van der Waals surface area contributed by atoms with Crippen LogP contribution in [0.1, 0.15) is 11.1 Å². The van der Waals surface area contributed by atoms with Crippen LogP contribution in [0.2, 0.25) is 0 Å². The van der Waals surface area contributed by atoms with Crippen molar-refractivity contribution in [2.75, 3.05) is 0 Å². The van der Waals surface area contributed by atoms with Crippen LogP contribution in [-0.2, 0) is 11.5 Å². The largest absolute Gasteiger partial charge is 0.457 e. The fourth-order valence-electron chi connectivity index (χ4n) is 1.68. The summed E-state index contributed by atoms with van der Waals surface area (Å²) in [5, 5.41) is 0.0350. The first-order valence-corrected chi connectivity index (χ1v) is 6.82. The molecule has 1 nitrogen and oxygen atoms in total. The van der Waals surface area contributed by atoms with Gasteiger partial charge in [0.1, 0.15) is 11.5 Å². The van der Waals surface area contributed by atoms with E-state index < -0.39 is 23.4 Å². The summed E-state index contributed by atoms with van der Waals surface area (Å²) in [5.41, 5.74) is -0.792. The smallest absolute Gasteiger partial charge is 0.416 e. The van der Waals surface area contributed by atoms with Crippen molar-refractivity contribution in [3.8, 4) is 11.5 Å². The second kappa shape index (κ2) is 6.01. The van der Waals surface area contributed by atoms with Crippen molar-refractivity contribution in [3.05, 3.63) is 59.2 Å². The Hall–Kier alpha value is -1.63. The molecule has 0 unspecified atom stereocenters. The van der Waals surface area contributed by atoms with Crippen molar-refractivity contribution in [3.63, 3.8) is 0 Å². The van der Waals surface area contributed by atoms with Gasteiger partial charge in [0.25, 0.3) is 0 Å². The maximum Gasteiger partial charge on any atom is 0.416 e. The monoisotopic (exact) mass is 366 g/mol. The van der Waals surface area contributed by atoms with Gasteiger partial charge >= 0.3 is 6.18 Å². The Bertz CT molecular complexity index is 654. The molecule has 112 valence electrons. The standard InChI is InChI=1S/C14H8BrF5O/c15-7-8-1-2-9(5-11(8)14(18,19)20)21-10-3-4-12(16)13(17)6-10/h1-6H,7H2. The molecule has 7 heteroatoms. The minimum atomic E-state index is -4.53. The number of ether oxygens (including phenoxy) is 1. The average Bonchev–Trinajstić information content (AvgIpc) is 2.42. The Morgan fingerprint density at radius 1 is 0.905 bits per heavy atom. The highest BCUT2D eigenvalue weighted by molar-refractivity contribution is 9.08. The molecule has 0 aliphatic carbocycles. The Labute approximate surface area is 125 Å². The predicted molar refractivity (Wildman–Crippen MR) is 70.5 cm³/mol. The van der Waals surface area contributed by atoms with Crippen LogP contribution >= 0.6 is 15.9 Å². The summed E-state index contributed by atoms with van der Waals surface area (Å²) in [7, 11) is 0. The highest BCUT2D eigenvalue weighted by atomic mass is 79.9. The summed E-state index contributed by atoms with van der Waals surface area (Å²) in [6.45, 7) is 0. The fraction of sp³-hybridized carbons (Fsp3) is 0.143. The molecular weight excluding hydrogens is 359 g/mol. The number of hydrogen-bond acceptors (Lipinski definition) is 1. The lowest BCUT2D eigenvalue weighted by Gasteiger charge is -2.13. The molecule has 0 spiro atoms. The average molecular weight is 367 g/mol. The Morgan fingerprint density at radius 3 is 2.10 bits per heavy atom.